The van der Waals surface area contributed by atoms with Gasteiger partial charge >= 0.3 is 0 Å². The van der Waals surface area contributed by atoms with Gasteiger partial charge in [0.15, 0.2) is 0 Å². The summed E-state index contributed by atoms with van der Waals surface area (Å²) in [5.74, 6) is 0. The molecule has 3 aromatic heterocycles. The number of halogens is 1. The molecule has 0 amide bonds. The fourth-order valence-corrected chi connectivity index (χ4v) is 3.99. The van der Waals surface area contributed by atoms with E-state index in [1.807, 2.05) is 62.5 Å². The fourth-order valence-electron chi connectivity index (χ4n) is 3.07. The van der Waals surface area contributed by atoms with E-state index in [0.29, 0.717) is 17.1 Å². The van der Waals surface area contributed by atoms with Gasteiger partial charge in [0.1, 0.15) is 11.2 Å². The smallest absolute Gasteiger partial charge is 0.265 e. The highest BCUT2D eigenvalue weighted by molar-refractivity contribution is 7.13. The van der Waals surface area contributed by atoms with Crippen LogP contribution in [0.2, 0.25) is 5.02 Å². The minimum absolute atomic E-state index is 0.169. The van der Waals surface area contributed by atoms with E-state index in [1.54, 1.807) is 22.2 Å². The van der Waals surface area contributed by atoms with Crippen LogP contribution in [0.1, 0.15) is 26.3 Å². The van der Waals surface area contributed by atoms with Gasteiger partial charge in [-0.25, -0.2) is 4.68 Å². The lowest BCUT2D eigenvalue weighted by atomic mass is 10.1. The lowest BCUT2D eigenvalue weighted by molar-refractivity contribution is 0.366. The summed E-state index contributed by atoms with van der Waals surface area (Å²) < 4.78 is 3.27. The molecule has 0 saturated heterocycles. The van der Waals surface area contributed by atoms with Crippen molar-refractivity contribution in [3.05, 3.63) is 68.9 Å². The van der Waals surface area contributed by atoms with Crippen LogP contribution in [0.3, 0.4) is 0 Å². The Labute approximate surface area is 165 Å². The lowest BCUT2D eigenvalue weighted by Gasteiger charge is -2.20. The maximum absolute atomic E-state index is 13.3. The second-order valence-corrected chi connectivity index (χ2v) is 8.72. The largest absolute Gasteiger partial charge is 0.293 e. The van der Waals surface area contributed by atoms with E-state index in [2.05, 4.69) is 10.2 Å². The molecule has 0 aliphatic heterocycles. The van der Waals surface area contributed by atoms with E-state index in [4.69, 9.17) is 11.6 Å². The summed E-state index contributed by atoms with van der Waals surface area (Å²) in [6.45, 7) is 6.40. The molecule has 0 saturated carbocycles. The quantitative estimate of drug-likeness (QED) is 0.499. The summed E-state index contributed by atoms with van der Waals surface area (Å²) in [7, 11) is 0. The first kappa shape index (κ1) is 17.9. The van der Waals surface area contributed by atoms with E-state index >= 15 is 0 Å². The molecule has 0 aliphatic rings. The molecule has 0 atom stereocenters. The third-order valence-electron chi connectivity index (χ3n) is 4.35. The van der Waals surface area contributed by atoms with Gasteiger partial charge in [0, 0.05) is 5.02 Å². The van der Waals surface area contributed by atoms with Crippen molar-refractivity contribution in [3.8, 4) is 10.6 Å². The van der Waals surface area contributed by atoms with Crippen LogP contribution in [0.4, 0.5) is 0 Å². The Morgan fingerprint density at radius 1 is 1.15 bits per heavy atom. The summed E-state index contributed by atoms with van der Waals surface area (Å²) in [5, 5.41) is 12.6. The van der Waals surface area contributed by atoms with Gasteiger partial charge in [0.2, 0.25) is 0 Å². The van der Waals surface area contributed by atoms with Crippen molar-refractivity contribution in [2.75, 3.05) is 0 Å². The van der Waals surface area contributed by atoms with Gasteiger partial charge in [0.25, 0.3) is 5.56 Å². The molecule has 0 radical (unpaired) electrons. The van der Waals surface area contributed by atoms with Gasteiger partial charge in [0.05, 0.1) is 28.5 Å². The SMILES string of the molecule is CC(C)(C)n1ncc2c(-c3cccs3)nn(Cc3ccccc3Cl)c(=O)c21. The van der Waals surface area contributed by atoms with Crippen molar-refractivity contribution in [1.82, 2.24) is 19.6 Å². The molecule has 138 valence electrons. The predicted molar refractivity (Wildman–Crippen MR) is 111 cm³/mol. The first-order valence-corrected chi connectivity index (χ1v) is 9.88. The van der Waals surface area contributed by atoms with E-state index in [1.165, 1.54) is 4.68 Å². The maximum Gasteiger partial charge on any atom is 0.293 e. The average Bonchev–Trinajstić information content (AvgIpc) is 3.28. The molecule has 0 fully saturated rings. The molecule has 0 unspecified atom stereocenters. The zero-order valence-corrected chi connectivity index (χ0v) is 16.9. The Morgan fingerprint density at radius 3 is 2.59 bits per heavy atom. The lowest BCUT2D eigenvalue weighted by Crippen LogP contribution is -2.30. The van der Waals surface area contributed by atoms with Gasteiger partial charge in [-0.05, 0) is 43.8 Å². The van der Waals surface area contributed by atoms with Crippen molar-refractivity contribution < 1.29 is 0 Å². The molecule has 0 bridgehead atoms. The van der Waals surface area contributed by atoms with Crippen LogP contribution in [-0.4, -0.2) is 19.6 Å². The molecule has 0 N–H and O–H groups in total. The van der Waals surface area contributed by atoms with Crippen molar-refractivity contribution >= 4 is 33.8 Å². The monoisotopic (exact) mass is 398 g/mol. The molecule has 7 heteroatoms. The topological polar surface area (TPSA) is 52.7 Å². The number of rotatable bonds is 3. The standard InChI is InChI=1S/C20H19ClN4OS/c1-20(2,3)25-18-14(11-22-25)17(16-9-6-10-27-16)23-24(19(18)26)12-13-7-4-5-8-15(13)21/h4-11H,12H2,1-3H3. The van der Waals surface area contributed by atoms with E-state index in [-0.39, 0.29) is 11.1 Å². The molecule has 4 aromatic rings. The average molecular weight is 399 g/mol. The highest BCUT2D eigenvalue weighted by atomic mass is 35.5. The van der Waals surface area contributed by atoms with Crippen LogP contribution in [0.15, 0.2) is 52.8 Å². The number of aromatic nitrogens is 4. The van der Waals surface area contributed by atoms with Crippen LogP contribution >= 0.6 is 22.9 Å². The minimum atomic E-state index is -0.322. The number of hydrogen-bond donors (Lipinski definition) is 0. The van der Waals surface area contributed by atoms with Gasteiger partial charge in [-0.2, -0.15) is 10.2 Å². The molecule has 0 spiro atoms. The zero-order valence-electron chi connectivity index (χ0n) is 15.3. The summed E-state index contributed by atoms with van der Waals surface area (Å²) in [6.07, 6.45) is 1.74. The van der Waals surface area contributed by atoms with Crippen LogP contribution in [0, 0.1) is 0 Å². The highest BCUT2D eigenvalue weighted by Crippen LogP contribution is 2.30. The Bertz CT molecular complexity index is 1170. The Balaban J connectivity index is 2.00. The van der Waals surface area contributed by atoms with Crippen molar-refractivity contribution in [2.45, 2.75) is 32.9 Å². The Kier molecular flexibility index (Phi) is 4.40. The summed E-state index contributed by atoms with van der Waals surface area (Å²) >= 11 is 7.90. The number of nitrogens with zero attached hydrogens (tertiary/aromatic N) is 4. The number of benzene rings is 1. The van der Waals surface area contributed by atoms with Crippen molar-refractivity contribution in [3.63, 3.8) is 0 Å². The first-order chi connectivity index (χ1) is 12.9. The Morgan fingerprint density at radius 2 is 1.93 bits per heavy atom. The second kappa shape index (κ2) is 6.62. The zero-order chi connectivity index (χ0) is 19.2. The molecule has 3 heterocycles. The molecule has 4 rings (SSSR count). The fraction of sp³-hybridized carbons (Fsp3) is 0.250. The van der Waals surface area contributed by atoms with Crippen LogP contribution in [-0.2, 0) is 12.1 Å². The Hall–Kier alpha value is -2.44. The normalized spacial score (nSPS) is 12.0. The highest BCUT2D eigenvalue weighted by Gasteiger charge is 2.23. The number of fused-ring (bicyclic) bond motifs is 1. The molecular weight excluding hydrogens is 380 g/mol. The van der Waals surface area contributed by atoms with E-state index in [0.717, 1.165) is 21.5 Å². The number of hydrogen-bond acceptors (Lipinski definition) is 4. The summed E-state index contributed by atoms with van der Waals surface area (Å²) in [5.41, 5.74) is 1.69. The second-order valence-electron chi connectivity index (χ2n) is 7.37. The molecule has 0 aliphatic carbocycles. The minimum Gasteiger partial charge on any atom is -0.265 e. The van der Waals surface area contributed by atoms with Gasteiger partial charge in [-0.15, -0.1) is 11.3 Å². The van der Waals surface area contributed by atoms with Gasteiger partial charge in [-0.1, -0.05) is 35.9 Å². The summed E-state index contributed by atoms with van der Waals surface area (Å²) in [4.78, 5) is 14.3. The van der Waals surface area contributed by atoms with Crippen LogP contribution < -0.4 is 5.56 Å². The van der Waals surface area contributed by atoms with E-state index in [9.17, 15) is 4.79 Å². The maximum atomic E-state index is 13.3. The van der Waals surface area contributed by atoms with E-state index < -0.39 is 0 Å². The third kappa shape index (κ3) is 3.19. The molecule has 1 aromatic carbocycles. The molecule has 5 nitrogen and oxygen atoms in total. The third-order valence-corrected chi connectivity index (χ3v) is 5.60. The van der Waals surface area contributed by atoms with Gasteiger partial charge < -0.3 is 0 Å². The first-order valence-electron chi connectivity index (χ1n) is 8.63. The van der Waals surface area contributed by atoms with Crippen LogP contribution in [0.25, 0.3) is 21.5 Å². The van der Waals surface area contributed by atoms with Gasteiger partial charge in [-0.3, -0.25) is 9.48 Å². The number of thiophene rings is 1. The summed E-state index contributed by atoms with van der Waals surface area (Å²) in [6, 6.07) is 11.5. The van der Waals surface area contributed by atoms with Crippen LogP contribution in [0.5, 0.6) is 0 Å². The molecule has 27 heavy (non-hydrogen) atoms. The van der Waals surface area contributed by atoms with Crippen molar-refractivity contribution in [2.24, 2.45) is 0 Å². The predicted octanol–water partition coefficient (Wildman–Crippen LogP) is 4.78. The molecular formula is C20H19ClN4OS. The van der Waals surface area contributed by atoms with Crippen molar-refractivity contribution in [1.29, 1.82) is 0 Å².